The van der Waals surface area contributed by atoms with E-state index in [0.29, 0.717) is 11.3 Å². The van der Waals surface area contributed by atoms with Crippen molar-refractivity contribution in [2.24, 2.45) is 5.10 Å². The largest absolute Gasteiger partial charge is 0.271 e. The standard InChI is InChI=1S/C13H12N4O/c1-10-3-2-4-12(16-10)9-15-17-13(18)11-5-7-14-8-6-11/h2-9H,1H3,(H,17,18)/b15-9-. The Morgan fingerprint density at radius 1 is 1.28 bits per heavy atom. The lowest BCUT2D eigenvalue weighted by Gasteiger charge is -1.98. The number of hydrogen-bond donors (Lipinski definition) is 1. The highest BCUT2D eigenvalue weighted by Gasteiger charge is 2.01. The average molecular weight is 240 g/mol. The number of amides is 1. The summed E-state index contributed by atoms with van der Waals surface area (Å²) >= 11 is 0. The van der Waals surface area contributed by atoms with Gasteiger partial charge in [-0.1, -0.05) is 6.07 Å². The van der Waals surface area contributed by atoms with Crippen molar-refractivity contribution in [3.8, 4) is 0 Å². The van der Waals surface area contributed by atoms with Crippen LogP contribution in [0.2, 0.25) is 0 Å². The number of carbonyl (C=O) groups excluding carboxylic acids is 1. The molecule has 0 aliphatic rings. The molecule has 2 aromatic rings. The summed E-state index contributed by atoms with van der Waals surface area (Å²) in [5.74, 6) is -0.277. The SMILES string of the molecule is Cc1cccc(/C=N\NC(=O)c2ccncc2)n1. The summed E-state index contributed by atoms with van der Waals surface area (Å²) < 4.78 is 0. The van der Waals surface area contributed by atoms with Crippen molar-refractivity contribution in [1.29, 1.82) is 0 Å². The van der Waals surface area contributed by atoms with Gasteiger partial charge in [0.15, 0.2) is 0 Å². The van der Waals surface area contributed by atoms with E-state index in [4.69, 9.17) is 0 Å². The predicted octanol–water partition coefficient (Wildman–Crippen LogP) is 1.55. The van der Waals surface area contributed by atoms with Gasteiger partial charge in [-0.05, 0) is 31.2 Å². The summed E-state index contributed by atoms with van der Waals surface area (Å²) in [6, 6.07) is 8.84. The van der Waals surface area contributed by atoms with Crippen LogP contribution in [-0.4, -0.2) is 22.1 Å². The number of hydrazone groups is 1. The first-order valence-corrected chi connectivity index (χ1v) is 5.43. The Bertz CT molecular complexity index is 566. The molecule has 1 amide bonds. The number of rotatable bonds is 3. The molecule has 0 aliphatic heterocycles. The molecule has 5 nitrogen and oxygen atoms in total. The van der Waals surface area contributed by atoms with Crippen LogP contribution in [0.4, 0.5) is 0 Å². The van der Waals surface area contributed by atoms with Gasteiger partial charge in [-0.3, -0.25) is 14.8 Å². The Labute approximate surface area is 105 Å². The fourth-order valence-electron chi connectivity index (χ4n) is 1.36. The van der Waals surface area contributed by atoms with Gasteiger partial charge in [0.2, 0.25) is 0 Å². The molecule has 2 rings (SSSR count). The van der Waals surface area contributed by atoms with E-state index >= 15 is 0 Å². The molecule has 5 heteroatoms. The molecular formula is C13H12N4O. The minimum atomic E-state index is -0.277. The van der Waals surface area contributed by atoms with Crippen molar-refractivity contribution < 1.29 is 4.79 Å². The van der Waals surface area contributed by atoms with Gasteiger partial charge in [0, 0.05) is 23.7 Å². The Hall–Kier alpha value is -2.56. The van der Waals surface area contributed by atoms with Gasteiger partial charge >= 0.3 is 0 Å². The maximum absolute atomic E-state index is 11.6. The van der Waals surface area contributed by atoms with Crippen molar-refractivity contribution >= 4 is 12.1 Å². The van der Waals surface area contributed by atoms with Crippen molar-refractivity contribution in [3.05, 3.63) is 59.7 Å². The first-order chi connectivity index (χ1) is 8.75. The van der Waals surface area contributed by atoms with Crippen molar-refractivity contribution in [1.82, 2.24) is 15.4 Å². The van der Waals surface area contributed by atoms with Crippen molar-refractivity contribution in [3.63, 3.8) is 0 Å². The summed E-state index contributed by atoms with van der Waals surface area (Å²) in [5.41, 5.74) is 4.54. The molecule has 0 saturated heterocycles. The summed E-state index contributed by atoms with van der Waals surface area (Å²) in [4.78, 5) is 19.7. The van der Waals surface area contributed by atoms with Crippen LogP contribution in [0, 0.1) is 6.92 Å². The number of pyridine rings is 2. The molecule has 0 aromatic carbocycles. The lowest BCUT2D eigenvalue weighted by atomic mass is 10.3. The van der Waals surface area contributed by atoms with Gasteiger partial charge in [0.25, 0.3) is 5.91 Å². The minimum Gasteiger partial charge on any atom is -0.267 e. The van der Waals surface area contributed by atoms with Crippen LogP contribution in [-0.2, 0) is 0 Å². The average Bonchev–Trinajstić information content (AvgIpc) is 2.40. The highest BCUT2D eigenvalue weighted by Crippen LogP contribution is 1.96. The smallest absolute Gasteiger partial charge is 0.267 e. The summed E-state index contributed by atoms with van der Waals surface area (Å²) in [6.07, 6.45) is 4.62. The second-order valence-corrected chi connectivity index (χ2v) is 3.64. The molecule has 0 radical (unpaired) electrons. The van der Waals surface area contributed by atoms with Crippen molar-refractivity contribution in [2.45, 2.75) is 6.92 Å². The summed E-state index contributed by atoms with van der Waals surface area (Å²) in [6.45, 7) is 1.90. The summed E-state index contributed by atoms with van der Waals surface area (Å²) in [5, 5.41) is 3.85. The van der Waals surface area contributed by atoms with E-state index < -0.39 is 0 Å². The summed E-state index contributed by atoms with van der Waals surface area (Å²) in [7, 11) is 0. The van der Waals surface area contributed by atoms with Crippen LogP contribution in [0.1, 0.15) is 21.7 Å². The molecule has 90 valence electrons. The molecule has 2 aromatic heterocycles. The zero-order chi connectivity index (χ0) is 12.8. The van der Waals surface area contributed by atoms with E-state index in [1.165, 1.54) is 6.21 Å². The number of aryl methyl sites for hydroxylation is 1. The zero-order valence-electron chi connectivity index (χ0n) is 9.87. The number of nitrogens with one attached hydrogen (secondary N) is 1. The normalized spacial score (nSPS) is 10.5. The van der Waals surface area contributed by atoms with E-state index in [-0.39, 0.29) is 5.91 Å². The van der Waals surface area contributed by atoms with Gasteiger partial charge in [-0.2, -0.15) is 5.10 Å². The Morgan fingerprint density at radius 3 is 2.78 bits per heavy atom. The van der Waals surface area contributed by atoms with Gasteiger partial charge in [0.1, 0.15) is 0 Å². The van der Waals surface area contributed by atoms with E-state index in [1.54, 1.807) is 24.5 Å². The van der Waals surface area contributed by atoms with E-state index in [2.05, 4.69) is 20.5 Å². The number of hydrogen-bond acceptors (Lipinski definition) is 4. The zero-order valence-corrected chi connectivity index (χ0v) is 9.87. The Morgan fingerprint density at radius 2 is 2.06 bits per heavy atom. The third-order valence-electron chi connectivity index (χ3n) is 2.22. The maximum atomic E-state index is 11.6. The molecule has 0 atom stereocenters. The third kappa shape index (κ3) is 3.21. The van der Waals surface area contributed by atoms with Crippen LogP contribution >= 0.6 is 0 Å². The molecule has 18 heavy (non-hydrogen) atoms. The molecule has 0 spiro atoms. The number of aromatic nitrogens is 2. The molecule has 2 heterocycles. The lowest BCUT2D eigenvalue weighted by molar-refractivity contribution is 0.0955. The van der Waals surface area contributed by atoms with Crippen LogP contribution in [0.15, 0.2) is 47.8 Å². The highest BCUT2D eigenvalue weighted by atomic mass is 16.2. The van der Waals surface area contributed by atoms with Gasteiger partial charge in [0.05, 0.1) is 11.9 Å². The second-order valence-electron chi connectivity index (χ2n) is 3.64. The third-order valence-corrected chi connectivity index (χ3v) is 2.22. The molecule has 0 aliphatic carbocycles. The molecular weight excluding hydrogens is 228 g/mol. The number of nitrogens with zero attached hydrogens (tertiary/aromatic N) is 3. The lowest BCUT2D eigenvalue weighted by Crippen LogP contribution is -2.17. The Balaban J connectivity index is 1.98. The fourth-order valence-corrected chi connectivity index (χ4v) is 1.36. The van der Waals surface area contributed by atoms with E-state index in [1.807, 2.05) is 25.1 Å². The van der Waals surface area contributed by atoms with E-state index in [0.717, 1.165) is 5.69 Å². The van der Waals surface area contributed by atoms with Crippen molar-refractivity contribution in [2.75, 3.05) is 0 Å². The topological polar surface area (TPSA) is 67.2 Å². The number of carbonyl (C=O) groups is 1. The first-order valence-electron chi connectivity index (χ1n) is 5.43. The van der Waals surface area contributed by atoms with Crippen LogP contribution < -0.4 is 5.43 Å². The van der Waals surface area contributed by atoms with Crippen LogP contribution in [0.3, 0.4) is 0 Å². The van der Waals surface area contributed by atoms with Gasteiger partial charge in [-0.15, -0.1) is 0 Å². The fraction of sp³-hybridized carbons (Fsp3) is 0.0769. The predicted molar refractivity (Wildman–Crippen MR) is 68.3 cm³/mol. The first kappa shape index (κ1) is 11.9. The molecule has 0 fully saturated rings. The quantitative estimate of drug-likeness (QED) is 0.653. The second kappa shape index (κ2) is 5.67. The maximum Gasteiger partial charge on any atom is 0.271 e. The molecule has 0 bridgehead atoms. The minimum absolute atomic E-state index is 0.277. The van der Waals surface area contributed by atoms with Gasteiger partial charge in [-0.25, -0.2) is 5.43 Å². The van der Waals surface area contributed by atoms with Crippen LogP contribution in [0.5, 0.6) is 0 Å². The van der Waals surface area contributed by atoms with Gasteiger partial charge < -0.3 is 0 Å². The molecule has 0 saturated carbocycles. The highest BCUT2D eigenvalue weighted by molar-refractivity contribution is 5.94. The Kier molecular flexibility index (Phi) is 3.76. The van der Waals surface area contributed by atoms with Crippen LogP contribution in [0.25, 0.3) is 0 Å². The molecule has 0 unspecified atom stereocenters. The molecule has 1 N–H and O–H groups in total. The van der Waals surface area contributed by atoms with E-state index in [9.17, 15) is 4.79 Å². The monoisotopic (exact) mass is 240 g/mol.